The molecule has 0 unspecified atom stereocenters. The molecular weight excluding hydrogens is 348 g/mol. The van der Waals surface area contributed by atoms with Crippen LogP contribution in [0.1, 0.15) is 80.4 Å². The van der Waals surface area contributed by atoms with Gasteiger partial charge in [0.25, 0.3) is 0 Å². The molecule has 0 bridgehead atoms. The van der Waals surface area contributed by atoms with E-state index in [1.54, 1.807) is 0 Å². The molecule has 0 saturated heterocycles. The van der Waals surface area contributed by atoms with Crippen molar-refractivity contribution in [1.29, 1.82) is 0 Å². The molecule has 3 rings (SSSR count). The standard InChI is InChI=1S/C24H36N2O2/c1-3-5-14-26(15-6-4-2)16-9-17-28-24(27)19-12-13-23-21(18-19)20-10-7-8-11-22(20)25-23/h12-13,18,25H,3-11,14-17H2,1-2H3. The van der Waals surface area contributed by atoms with E-state index >= 15 is 0 Å². The summed E-state index contributed by atoms with van der Waals surface area (Å²) < 4.78 is 5.58. The van der Waals surface area contributed by atoms with E-state index in [9.17, 15) is 4.79 Å². The van der Waals surface area contributed by atoms with Gasteiger partial charge < -0.3 is 14.6 Å². The van der Waals surface area contributed by atoms with Crippen LogP contribution in [0, 0.1) is 0 Å². The van der Waals surface area contributed by atoms with Crippen molar-refractivity contribution in [3.05, 3.63) is 35.0 Å². The highest BCUT2D eigenvalue weighted by Gasteiger charge is 2.17. The van der Waals surface area contributed by atoms with Gasteiger partial charge in [-0.3, -0.25) is 0 Å². The molecule has 1 N–H and O–H groups in total. The summed E-state index contributed by atoms with van der Waals surface area (Å²) >= 11 is 0. The summed E-state index contributed by atoms with van der Waals surface area (Å²) in [5.74, 6) is -0.193. The lowest BCUT2D eigenvalue weighted by atomic mass is 9.95. The molecule has 4 heteroatoms. The van der Waals surface area contributed by atoms with Gasteiger partial charge in [0.05, 0.1) is 12.2 Å². The van der Waals surface area contributed by atoms with Crippen molar-refractivity contribution >= 4 is 16.9 Å². The number of rotatable bonds is 11. The largest absolute Gasteiger partial charge is 0.462 e. The van der Waals surface area contributed by atoms with Crippen LogP contribution in [0.15, 0.2) is 18.2 Å². The second-order valence-corrected chi connectivity index (χ2v) is 8.09. The lowest BCUT2D eigenvalue weighted by Gasteiger charge is -2.21. The first-order valence-electron chi connectivity index (χ1n) is 11.3. The minimum Gasteiger partial charge on any atom is -0.462 e. The van der Waals surface area contributed by atoms with Crippen molar-refractivity contribution in [2.45, 2.75) is 71.6 Å². The molecular formula is C24H36N2O2. The van der Waals surface area contributed by atoms with E-state index in [0.717, 1.165) is 44.4 Å². The highest BCUT2D eigenvalue weighted by atomic mass is 16.5. The van der Waals surface area contributed by atoms with E-state index in [1.807, 2.05) is 18.2 Å². The first kappa shape index (κ1) is 20.9. The van der Waals surface area contributed by atoms with Crippen LogP contribution in [0.5, 0.6) is 0 Å². The van der Waals surface area contributed by atoms with Gasteiger partial charge in [-0.05, 0) is 81.8 Å². The Labute approximate surface area is 169 Å². The van der Waals surface area contributed by atoms with Gasteiger partial charge in [0.1, 0.15) is 0 Å². The normalized spacial score (nSPS) is 13.8. The molecule has 1 aromatic carbocycles. The van der Waals surface area contributed by atoms with Gasteiger partial charge in [0.2, 0.25) is 0 Å². The summed E-state index contributed by atoms with van der Waals surface area (Å²) in [6.45, 7) is 8.28. The number of aryl methyl sites for hydroxylation is 2. The summed E-state index contributed by atoms with van der Waals surface area (Å²) in [6.07, 6.45) is 10.6. The number of carbonyl (C=O) groups is 1. The molecule has 2 aromatic rings. The number of esters is 1. The third-order valence-electron chi connectivity index (χ3n) is 5.84. The van der Waals surface area contributed by atoms with E-state index in [1.165, 1.54) is 55.2 Å². The fourth-order valence-corrected chi connectivity index (χ4v) is 4.17. The molecule has 1 aliphatic rings. The third-order valence-corrected chi connectivity index (χ3v) is 5.84. The van der Waals surface area contributed by atoms with Gasteiger partial charge in [0, 0.05) is 23.1 Å². The molecule has 4 nitrogen and oxygen atoms in total. The van der Waals surface area contributed by atoms with Crippen molar-refractivity contribution in [2.75, 3.05) is 26.2 Å². The van der Waals surface area contributed by atoms with Crippen LogP contribution < -0.4 is 0 Å². The Balaban J connectivity index is 1.51. The van der Waals surface area contributed by atoms with Crippen LogP contribution in [0.4, 0.5) is 0 Å². The molecule has 28 heavy (non-hydrogen) atoms. The number of ether oxygens (including phenoxy) is 1. The number of nitrogens with zero attached hydrogens (tertiary/aromatic N) is 1. The number of hydrogen-bond donors (Lipinski definition) is 1. The number of carbonyl (C=O) groups excluding carboxylic acids is 1. The Morgan fingerprint density at radius 3 is 2.50 bits per heavy atom. The number of benzene rings is 1. The fraction of sp³-hybridized carbons (Fsp3) is 0.625. The molecule has 1 aliphatic carbocycles. The Bertz CT molecular complexity index is 757. The summed E-state index contributed by atoms with van der Waals surface area (Å²) in [4.78, 5) is 18.6. The van der Waals surface area contributed by atoms with Crippen LogP contribution in [-0.2, 0) is 17.6 Å². The summed E-state index contributed by atoms with van der Waals surface area (Å²) in [5.41, 5.74) is 4.57. The fourth-order valence-electron chi connectivity index (χ4n) is 4.17. The van der Waals surface area contributed by atoms with E-state index < -0.39 is 0 Å². The third kappa shape index (κ3) is 5.38. The zero-order chi connectivity index (χ0) is 19.8. The maximum Gasteiger partial charge on any atom is 0.338 e. The van der Waals surface area contributed by atoms with Crippen molar-refractivity contribution in [2.24, 2.45) is 0 Å². The molecule has 0 aliphatic heterocycles. The number of H-pyrrole nitrogens is 1. The van der Waals surface area contributed by atoms with Crippen molar-refractivity contribution < 1.29 is 9.53 Å². The topological polar surface area (TPSA) is 45.3 Å². The zero-order valence-electron chi connectivity index (χ0n) is 17.7. The number of fused-ring (bicyclic) bond motifs is 3. The maximum atomic E-state index is 12.5. The number of unbranched alkanes of at least 4 members (excludes halogenated alkanes) is 2. The lowest BCUT2D eigenvalue weighted by molar-refractivity contribution is 0.0488. The van der Waals surface area contributed by atoms with Gasteiger partial charge in [-0.25, -0.2) is 4.79 Å². The van der Waals surface area contributed by atoms with Gasteiger partial charge in [-0.15, -0.1) is 0 Å². The second-order valence-electron chi connectivity index (χ2n) is 8.09. The SMILES string of the molecule is CCCCN(CCCC)CCCOC(=O)c1ccc2[nH]c3c(c2c1)CCCC3. The second kappa shape index (κ2) is 10.7. The Hall–Kier alpha value is -1.81. The molecule has 0 amide bonds. The predicted molar refractivity (Wildman–Crippen MR) is 116 cm³/mol. The van der Waals surface area contributed by atoms with Gasteiger partial charge in [0.15, 0.2) is 0 Å². The van der Waals surface area contributed by atoms with Gasteiger partial charge in [-0.1, -0.05) is 26.7 Å². The number of aromatic amines is 1. The van der Waals surface area contributed by atoms with Crippen molar-refractivity contribution in [1.82, 2.24) is 9.88 Å². The number of hydrogen-bond acceptors (Lipinski definition) is 3. The summed E-state index contributed by atoms with van der Waals surface area (Å²) in [6, 6.07) is 5.94. The molecule has 1 aromatic heterocycles. The average Bonchev–Trinajstić information content (AvgIpc) is 3.10. The van der Waals surface area contributed by atoms with Crippen LogP contribution in [0.2, 0.25) is 0 Å². The highest BCUT2D eigenvalue weighted by Crippen LogP contribution is 2.29. The van der Waals surface area contributed by atoms with Crippen molar-refractivity contribution in [3.63, 3.8) is 0 Å². The smallest absolute Gasteiger partial charge is 0.338 e. The highest BCUT2D eigenvalue weighted by molar-refractivity contribution is 5.96. The minimum absolute atomic E-state index is 0.193. The van der Waals surface area contributed by atoms with E-state index in [-0.39, 0.29) is 5.97 Å². The Morgan fingerprint density at radius 1 is 1.04 bits per heavy atom. The Kier molecular flexibility index (Phi) is 7.96. The van der Waals surface area contributed by atoms with Gasteiger partial charge in [-0.2, -0.15) is 0 Å². The Morgan fingerprint density at radius 2 is 1.75 bits per heavy atom. The first-order chi connectivity index (χ1) is 13.7. The zero-order valence-corrected chi connectivity index (χ0v) is 17.7. The molecule has 0 atom stereocenters. The average molecular weight is 385 g/mol. The molecule has 0 radical (unpaired) electrons. The summed E-state index contributed by atoms with van der Waals surface area (Å²) in [7, 11) is 0. The minimum atomic E-state index is -0.193. The first-order valence-corrected chi connectivity index (χ1v) is 11.3. The number of aromatic nitrogens is 1. The molecule has 154 valence electrons. The van der Waals surface area contributed by atoms with E-state index in [0.29, 0.717) is 12.2 Å². The van der Waals surface area contributed by atoms with Crippen molar-refractivity contribution in [3.8, 4) is 0 Å². The molecule has 0 saturated carbocycles. The molecule has 0 spiro atoms. The van der Waals surface area contributed by atoms with Gasteiger partial charge >= 0.3 is 5.97 Å². The van der Waals surface area contributed by atoms with Crippen LogP contribution >= 0.6 is 0 Å². The maximum absolute atomic E-state index is 12.5. The van der Waals surface area contributed by atoms with E-state index in [2.05, 4.69) is 23.7 Å². The number of nitrogens with one attached hydrogen (secondary N) is 1. The van der Waals surface area contributed by atoms with E-state index in [4.69, 9.17) is 4.74 Å². The predicted octanol–water partition coefficient (Wildman–Crippen LogP) is 5.50. The lowest BCUT2D eigenvalue weighted by Crippen LogP contribution is -2.28. The van der Waals surface area contributed by atoms with Crippen LogP contribution in [-0.4, -0.2) is 42.1 Å². The molecule has 1 heterocycles. The quantitative estimate of drug-likeness (QED) is 0.411. The monoisotopic (exact) mass is 384 g/mol. The van der Waals surface area contributed by atoms with Crippen LogP contribution in [0.25, 0.3) is 10.9 Å². The molecule has 0 fully saturated rings. The van der Waals surface area contributed by atoms with Crippen LogP contribution in [0.3, 0.4) is 0 Å². The summed E-state index contributed by atoms with van der Waals surface area (Å²) in [5, 5.41) is 1.20.